The minimum absolute atomic E-state index is 0.0601. The van der Waals surface area contributed by atoms with Gasteiger partial charge in [-0.05, 0) is 62.2 Å². The number of hydrogen-bond donors (Lipinski definition) is 2. The van der Waals surface area contributed by atoms with E-state index < -0.39 is 6.04 Å². The maximum atomic E-state index is 13.2. The van der Waals surface area contributed by atoms with E-state index in [0.717, 1.165) is 49.3 Å². The third-order valence-corrected chi connectivity index (χ3v) is 7.46. The highest BCUT2D eigenvalue weighted by atomic mass is 32.2. The molecule has 138 valence electrons. The van der Waals surface area contributed by atoms with Gasteiger partial charge in [-0.2, -0.15) is 0 Å². The van der Waals surface area contributed by atoms with Crippen LogP contribution in [0.5, 0.6) is 0 Å². The predicted octanol–water partition coefficient (Wildman–Crippen LogP) is 2.56. The number of carbonyl (C=O) groups excluding carboxylic acids is 2. The van der Waals surface area contributed by atoms with Crippen molar-refractivity contribution in [3.05, 3.63) is 0 Å². The molecule has 4 saturated carbocycles. The van der Waals surface area contributed by atoms with Gasteiger partial charge in [-0.25, -0.2) is 0 Å². The van der Waals surface area contributed by atoms with Crippen molar-refractivity contribution < 1.29 is 9.59 Å². The molecule has 1 heterocycles. The Bertz CT molecular complexity index is 566. The number of hydrogen-bond acceptors (Lipinski definition) is 4. The van der Waals surface area contributed by atoms with Gasteiger partial charge in [0.15, 0.2) is 5.17 Å². The highest BCUT2D eigenvalue weighted by Gasteiger charge is 2.55. The number of nitrogens with one attached hydrogen (secondary N) is 2. The van der Waals surface area contributed by atoms with Crippen LogP contribution in [0.25, 0.3) is 0 Å². The molecule has 0 aromatic carbocycles. The molecule has 5 nitrogen and oxygen atoms in total. The predicted molar refractivity (Wildman–Crippen MR) is 100 cm³/mol. The van der Waals surface area contributed by atoms with Crippen LogP contribution >= 0.6 is 11.8 Å². The monoisotopic (exact) mass is 363 g/mol. The molecule has 5 aliphatic rings. The Hall–Kier alpha value is -1.04. The summed E-state index contributed by atoms with van der Waals surface area (Å²) in [5, 5.41) is 6.72. The molecule has 25 heavy (non-hydrogen) atoms. The molecule has 4 bridgehead atoms. The van der Waals surface area contributed by atoms with Crippen molar-refractivity contribution in [3.63, 3.8) is 0 Å². The van der Waals surface area contributed by atoms with Crippen LogP contribution in [-0.2, 0) is 9.59 Å². The van der Waals surface area contributed by atoms with Gasteiger partial charge in [0.1, 0.15) is 6.04 Å². The van der Waals surface area contributed by atoms with Gasteiger partial charge in [0.2, 0.25) is 11.8 Å². The third kappa shape index (κ3) is 3.34. The van der Waals surface area contributed by atoms with Crippen LogP contribution in [0.3, 0.4) is 0 Å². The SMILES string of the molecule is CC(C)[C@@H](NC(=O)C12CC3CC(CC(C3)C1)C2)C(=O)NC1=NCCS1. The first-order valence-electron chi connectivity index (χ1n) is 9.74. The Balaban J connectivity index is 1.45. The van der Waals surface area contributed by atoms with Gasteiger partial charge in [-0.3, -0.25) is 14.6 Å². The second-order valence-electron chi connectivity index (χ2n) is 8.92. The van der Waals surface area contributed by atoms with Crippen molar-refractivity contribution in [1.29, 1.82) is 0 Å². The average Bonchev–Trinajstić information content (AvgIpc) is 3.03. The van der Waals surface area contributed by atoms with Crippen LogP contribution in [-0.4, -0.2) is 35.3 Å². The molecule has 0 spiro atoms. The second kappa shape index (κ2) is 6.60. The summed E-state index contributed by atoms with van der Waals surface area (Å²) in [4.78, 5) is 30.2. The standard InChI is InChI=1S/C19H29N3O2S/c1-11(2)15(16(23)22-18-20-3-4-25-18)21-17(24)19-8-12-5-13(9-19)7-14(6-12)10-19/h11-15H,3-10H2,1-2H3,(H,21,24)(H,20,22,23)/t12?,13?,14?,15-,19?/m1/s1. The summed E-state index contributed by atoms with van der Waals surface area (Å²) in [7, 11) is 0. The lowest BCUT2D eigenvalue weighted by molar-refractivity contribution is -0.148. The summed E-state index contributed by atoms with van der Waals surface area (Å²) in [5.74, 6) is 3.17. The zero-order valence-corrected chi connectivity index (χ0v) is 16.0. The van der Waals surface area contributed by atoms with Crippen LogP contribution in [0.4, 0.5) is 0 Å². The van der Waals surface area contributed by atoms with E-state index >= 15 is 0 Å². The molecule has 2 amide bonds. The van der Waals surface area contributed by atoms with Gasteiger partial charge < -0.3 is 10.6 Å². The number of aliphatic imine (C=N–C) groups is 1. The van der Waals surface area contributed by atoms with Gasteiger partial charge in [-0.1, -0.05) is 25.6 Å². The van der Waals surface area contributed by atoms with Crippen molar-refractivity contribution in [1.82, 2.24) is 10.6 Å². The summed E-state index contributed by atoms with van der Waals surface area (Å²) in [5.41, 5.74) is -0.207. The summed E-state index contributed by atoms with van der Waals surface area (Å²) < 4.78 is 0. The molecule has 0 saturated heterocycles. The molecule has 0 unspecified atom stereocenters. The molecule has 0 aromatic heterocycles. The van der Waals surface area contributed by atoms with Gasteiger partial charge >= 0.3 is 0 Å². The Morgan fingerprint density at radius 1 is 1.12 bits per heavy atom. The van der Waals surface area contributed by atoms with Crippen LogP contribution in [0, 0.1) is 29.1 Å². The fourth-order valence-corrected chi connectivity index (χ4v) is 6.54. The van der Waals surface area contributed by atoms with Crippen molar-refractivity contribution >= 4 is 28.7 Å². The van der Waals surface area contributed by atoms with E-state index in [9.17, 15) is 9.59 Å². The molecule has 0 aromatic rings. The van der Waals surface area contributed by atoms with Crippen molar-refractivity contribution in [2.24, 2.45) is 34.1 Å². The Labute approximate surface area is 154 Å². The Kier molecular flexibility index (Phi) is 4.59. The molecule has 1 aliphatic heterocycles. The minimum Gasteiger partial charge on any atom is -0.344 e. The molecule has 2 N–H and O–H groups in total. The van der Waals surface area contributed by atoms with Crippen LogP contribution in [0.15, 0.2) is 4.99 Å². The summed E-state index contributed by atoms with van der Waals surface area (Å²) in [6, 6.07) is -0.482. The molecule has 1 atom stereocenters. The lowest BCUT2D eigenvalue weighted by Gasteiger charge is -2.55. The first-order valence-corrected chi connectivity index (χ1v) is 10.7. The van der Waals surface area contributed by atoms with Crippen LogP contribution < -0.4 is 10.6 Å². The van der Waals surface area contributed by atoms with Crippen molar-refractivity contribution in [2.75, 3.05) is 12.3 Å². The molecule has 0 radical (unpaired) electrons. The van der Waals surface area contributed by atoms with Gasteiger partial charge in [-0.15, -0.1) is 0 Å². The number of amides is 2. The number of rotatable bonds is 4. The number of thioether (sulfide) groups is 1. The normalized spacial score (nSPS) is 37.1. The van der Waals surface area contributed by atoms with Crippen molar-refractivity contribution in [2.45, 2.75) is 58.4 Å². The summed E-state index contributed by atoms with van der Waals surface area (Å²) >= 11 is 1.57. The van der Waals surface area contributed by atoms with Gasteiger partial charge in [0.05, 0.1) is 6.54 Å². The minimum atomic E-state index is -0.482. The van der Waals surface area contributed by atoms with E-state index in [1.54, 1.807) is 11.8 Å². The zero-order chi connectivity index (χ0) is 17.6. The topological polar surface area (TPSA) is 70.6 Å². The van der Waals surface area contributed by atoms with E-state index in [1.165, 1.54) is 19.3 Å². The first-order chi connectivity index (χ1) is 11.9. The summed E-state index contributed by atoms with van der Waals surface area (Å²) in [6.45, 7) is 4.74. The third-order valence-electron chi connectivity index (χ3n) is 6.57. The molecule has 6 heteroatoms. The van der Waals surface area contributed by atoms with Crippen LogP contribution in [0.1, 0.15) is 52.4 Å². The van der Waals surface area contributed by atoms with E-state index in [4.69, 9.17) is 0 Å². The van der Waals surface area contributed by atoms with Crippen molar-refractivity contribution in [3.8, 4) is 0 Å². The van der Waals surface area contributed by atoms with E-state index in [-0.39, 0.29) is 23.1 Å². The fourth-order valence-electron chi connectivity index (χ4n) is 5.81. The highest BCUT2D eigenvalue weighted by Crippen LogP contribution is 2.60. The lowest BCUT2D eigenvalue weighted by Crippen LogP contribution is -2.58. The number of nitrogens with zero attached hydrogens (tertiary/aromatic N) is 1. The molecule has 4 fully saturated rings. The quantitative estimate of drug-likeness (QED) is 0.806. The molecular weight excluding hydrogens is 334 g/mol. The van der Waals surface area contributed by atoms with E-state index in [2.05, 4.69) is 15.6 Å². The number of carbonyl (C=O) groups is 2. The second-order valence-corrected chi connectivity index (χ2v) is 10.0. The molecule has 4 aliphatic carbocycles. The van der Waals surface area contributed by atoms with E-state index in [0.29, 0.717) is 5.17 Å². The Morgan fingerprint density at radius 2 is 1.72 bits per heavy atom. The Morgan fingerprint density at radius 3 is 2.20 bits per heavy atom. The maximum absolute atomic E-state index is 13.2. The van der Waals surface area contributed by atoms with Crippen LogP contribution in [0.2, 0.25) is 0 Å². The van der Waals surface area contributed by atoms with E-state index in [1.807, 2.05) is 13.8 Å². The maximum Gasteiger partial charge on any atom is 0.248 e. The first kappa shape index (κ1) is 17.4. The zero-order valence-electron chi connectivity index (χ0n) is 15.2. The highest BCUT2D eigenvalue weighted by molar-refractivity contribution is 8.14. The average molecular weight is 364 g/mol. The fraction of sp³-hybridized carbons (Fsp3) is 0.842. The summed E-state index contributed by atoms with van der Waals surface area (Å²) in [6.07, 6.45) is 7.03. The largest absolute Gasteiger partial charge is 0.344 e. The lowest BCUT2D eigenvalue weighted by atomic mass is 9.49. The van der Waals surface area contributed by atoms with Gasteiger partial charge in [0, 0.05) is 11.2 Å². The smallest absolute Gasteiger partial charge is 0.248 e. The van der Waals surface area contributed by atoms with Gasteiger partial charge in [0.25, 0.3) is 0 Å². The number of amidine groups is 1. The molecule has 5 rings (SSSR count). The molecular formula is C19H29N3O2S.